The standard InChI is InChI=1S/C17H25NO5/c1-4-6-9-23-14-8-7-13(11-15(14)22-5-2)17(21)18-12(3)10-16(19)20/h7-8,11-12H,4-6,9-10H2,1-3H3,(H,18,21)(H,19,20). The van der Waals surface area contributed by atoms with Gasteiger partial charge in [-0.05, 0) is 38.5 Å². The van der Waals surface area contributed by atoms with E-state index in [0.717, 1.165) is 12.8 Å². The van der Waals surface area contributed by atoms with Gasteiger partial charge in [0.05, 0.1) is 19.6 Å². The van der Waals surface area contributed by atoms with Gasteiger partial charge in [0, 0.05) is 11.6 Å². The lowest BCUT2D eigenvalue weighted by Crippen LogP contribution is -2.34. The molecule has 0 spiro atoms. The minimum Gasteiger partial charge on any atom is -0.490 e. The number of nitrogens with one attached hydrogen (secondary N) is 1. The number of ether oxygens (including phenoxy) is 2. The molecule has 0 aromatic heterocycles. The van der Waals surface area contributed by atoms with Gasteiger partial charge in [-0.2, -0.15) is 0 Å². The Hall–Kier alpha value is -2.24. The molecule has 6 nitrogen and oxygen atoms in total. The van der Waals surface area contributed by atoms with Crippen molar-refractivity contribution in [1.82, 2.24) is 5.32 Å². The summed E-state index contributed by atoms with van der Waals surface area (Å²) in [6.07, 6.45) is 1.86. The first kappa shape index (κ1) is 18.8. The van der Waals surface area contributed by atoms with Gasteiger partial charge in [-0.25, -0.2) is 0 Å². The number of hydrogen-bond donors (Lipinski definition) is 2. The van der Waals surface area contributed by atoms with Crippen molar-refractivity contribution in [3.05, 3.63) is 23.8 Å². The van der Waals surface area contributed by atoms with E-state index in [0.29, 0.717) is 30.3 Å². The molecule has 0 saturated heterocycles. The van der Waals surface area contributed by atoms with Gasteiger partial charge in [-0.15, -0.1) is 0 Å². The quantitative estimate of drug-likeness (QED) is 0.647. The second kappa shape index (κ2) is 9.71. The fraction of sp³-hybridized carbons (Fsp3) is 0.529. The van der Waals surface area contributed by atoms with Crippen LogP contribution in [0.3, 0.4) is 0 Å². The molecule has 0 aliphatic carbocycles. The SMILES string of the molecule is CCCCOc1ccc(C(=O)NC(C)CC(=O)O)cc1OCC. The summed E-state index contributed by atoms with van der Waals surface area (Å²) >= 11 is 0. The smallest absolute Gasteiger partial charge is 0.305 e. The fourth-order valence-electron chi connectivity index (χ4n) is 1.98. The van der Waals surface area contributed by atoms with Gasteiger partial charge in [0.1, 0.15) is 0 Å². The van der Waals surface area contributed by atoms with Crippen LogP contribution in [-0.2, 0) is 4.79 Å². The van der Waals surface area contributed by atoms with Crippen molar-refractivity contribution in [1.29, 1.82) is 0 Å². The van der Waals surface area contributed by atoms with E-state index in [1.54, 1.807) is 25.1 Å². The summed E-state index contributed by atoms with van der Waals surface area (Å²) in [5.41, 5.74) is 0.411. The van der Waals surface area contributed by atoms with Crippen LogP contribution in [0.4, 0.5) is 0 Å². The van der Waals surface area contributed by atoms with Gasteiger partial charge in [0.2, 0.25) is 0 Å². The molecular weight excluding hydrogens is 298 g/mol. The van der Waals surface area contributed by atoms with Gasteiger partial charge >= 0.3 is 5.97 Å². The van der Waals surface area contributed by atoms with Crippen molar-refractivity contribution >= 4 is 11.9 Å². The molecule has 0 aliphatic heterocycles. The zero-order valence-corrected chi connectivity index (χ0v) is 13.9. The molecule has 0 bridgehead atoms. The molecule has 1 aromatic carbocycles. The highest BCUT2D eigenvalue weighted by atomic mass is 16.5. The van der Waals surface area contributed by atoms with Gasteiger partial charge in [-0.1, -0.05) is 13.3 Å². The Morgan fingerprint density at radius 3 is 2.57 bits per heavy atom. The minimum atomic E-state index is -0.951. The summed E-state index contributed by atoms with van der Waals surface area (Å²) in [6, 6.07) is 4.52. The molecule has 0 saturated carbocycles. The molecule has 0 heterocycles. The van der Waals surface area contributed by atoms with Crippen LogP contribution in [0.15, 0.2) is 18.2 Å². The number of unbranched alkanes of at least 4 members (excludes halogenated alkanes) is 1. The van der Waals surface area contributed by atoms with Crippen LogP contribution >= 0.6 is 0 Å². The maximum Gasteiger partial charge on any atom is 0.305 e. The zero-order valence-electron chi connectivity index (χ0n) is 13.9. The molecule has 1 atom stereocenters. The molecule has 0 fully saturated rings. The van der Waals surface area contributed by atoms with E-state index >= 15 is 0 Å². The van der Waals surface area contributed by atoms with Crippen LogP contribution in [-0.4, -0.2) is 36.2 Å². The lowest BCUT2D eigenvalue weighted by atomic mass is 10.1. The van der Waals surface area contributed by atoms with Crippen molar-refractivity contribution in [2.24, 2.45) is 0 Å². The van der Waals surface area contributed by atoms with Gasteiger partial charge in [0.25, 0.3) is 5.91 Å². The molecule has 1 rings (SSSR count). The molecule has 128 valence electrons. The predicted molar refractivity (Wildman–Crippen MR) is 87.2 cm³/mol. The molecule has 23 heavy (non-hydrogen) atoms. The second-order valence-corrected chi connectivity index (χ2v) is 5.27. The number of carboxylic acids is 1. The highest BCUT2D eigenvalue weighted by molar-refractivity contribution is 5.95. The fourth-order valence-corrected chi connectivity index (χ4v) is 1.98. The van der Waals surface area contributed by atoms with E-state index in [-0.39, 0.29) is 12.3 Å². The lowest BCUT2D eigenvalue weighted by Gasteiger charge is -2.15. The van der Waals surface area contributed by atoms with Crippen LogP contribution in [0.5, 0.6) is 11.5 Å². The maximum absolute atomic E-state index is 12.2. The van der Waals surface area contributed by atoms with Crippen molar-refractivity contribution in [2.75, 3.05) is 13.2 Å². The lowest BCUT2D eigenvalue weighted by molar-refractivity contribution is -0.137. The summed E-state index contributed by atoms with van der Waals surface area (Å²) < 4.78 is 11.2. The Bertz CT molecular complexity index is 530. The third-order valence-electron chi connectivity index (χ3n) is 3.12. The molecule has 0 radical (unpaired) electrons. The largest absolute Gasteiger partial charge is 0.490 e. The van der Waals surface area contributed by atoms with Gasteiger partial charge < -0.3 is 19.9 Å². The van der Waals surface area contributed by atoms with Crippen molar-refractivity contribution in [2.45, 2.75) is 46.1 Å². The van der Waals surface area contributed by atoms with Crippen molar-refractivity contribution < 1.29 is 24.2 Å². The number of benzene rings is 1. The van der Waals surface area contributed by atoms with Crippen LogP contribution in [0.2, 0.25) is 0 Å². The van der Waals surface area contributed by atoms with E-state index in [1.807, 2.05) is 6.92 Å². The van der Waals surface area contributed by atoms with E-state index in [2.05, 4.69) is 12.2 Å². The first-order valence-corrected chi connectivity index (χ1v) is 7.90. The number of amides is 1. The molecule has 6 heteroatoms. The number of hydrogen-bond acceptors (Lipinski definition) is 4. The van der Waals surface area contributed by atoms with Crippen LogP contribution < -0.4 is 14.8 Å². The average molecular weight is 323 g/mol. The minimum absolute atomic E-state index is 0.123. The topological polar surface area (TPSA) is 84.9 Å². The van der Waals surface area contributed by atoms with E-state index in [4.69, 9.17) is 14.6 Å². The molecule has 1 unspecified atom stereocenters. The zero-order chi connectivity index (χ0) is 17.2. The Balaban J connectivity index is 2.80. The summed E-state index contributed by atoms with van der Waals surface area (Å²) in [6.45, 7) is 6.65. The van der Waals surface area contributed by atoms with Gasteiger partial charge in [-0.3, -0.25) is 9.59 Å². The molecule has 2 N–H and O–H groups in total. The third-order valence-corrected chi connectivity index (χ3v) is 3.12. The number of aliphatic carboxylic acids is 1. The van der Waals surface area contributed by atoms with Crippen LogP contribution in [0.25, 0.3) is 0 Å². The molecular formula is C17H25NO5. The Labute approximate surface area is 136 Å². The third kappa shape index (κ3) is 6.59. The Morgan fingerprint density at radius 1 is 1.22 bits per heavy atom. The van der Waals surface area contributed by atoms with Crippen molar-refractivity contribution in [3.63, 3.8) is 0 Å². The highest BCUT2D eigenvalue weighted by Crippen LogP contribution is 2.28. The Kier molecular flexibility index (Phi) is 7.94. The molecule has 1 aromatic rings. The predicted octanol–water partition coefficient (Wildman–Crippen LogP) is 2.86. The van der Waals surface area contributed by atoms with E-state index in [9.17, 15) is 9.59 Å². The van der Waals surface area contributed by atoms with Crippen LogP contribution in [0, 0.1) is 0 Å². The maximum atomic E-state index is 12.2. The number of carbonyl (C=O) groups is 2. The number of carbonyl (C=O) groups excluding carboxylic acids is 1. The summed E-state index contributed by atoms with van der Waals surface area (Å²) in [7, 11) is 0. The number of carboxylic acid groups (broad SMARTS) is 1. The normalized spacial score (nSPS) is 11.6. The Morgan fingerprint density at radius 2 is 1.96 bits per heavy atom. The monoisotopic (exact) mass is 323 g/mol. The molecule has 0 aliphatic rings. The van der Waals surface area contributed by atoms with Crippen molar-refractivity contribution in [3.8, 4) is 11.5 Å². The average Bonchev–Trinajstić information content (AvgIpc) is 2.48. The summed E-state index contributed by atoms with van der Waals surface area (Å²) in [5.74, 6) is -0.162. The van der Waals surface area contributed by atoms with Crippen LogP contribution in [0.1, 0.15) is 50.4 Å². The summed E-state index contributed by atoms with van der Waals surface area (Å²) in [4.78, 5) is 22.8. The van der Waals surface area contributed by atoms with Gasteiger partial charge in [0.15, 0.2) is 11.5 Å². The highest BCUT2D eigenvalue weighted by Gasteiger charge is 2.15. The first-order chi connectivity index (χ1) is 11.0. The summed E-state index contributed by atoms with van der Waals surface area (Å²) in [5, 5.41) is 11.4. The van der Waals surface area contributed by atoms with E-state index < -0.39 is 12.0 Å². The number of rotatable bonds is 10. The first-order valence-electron chi connectivity index (χ1n) is 7.90. The van der Waals surface area contributed by atoms with E-state index in [1.165, 1.54) is 0 Å². The second-order valence-electron chi connectivity index (χ2n) is 5.27. The molecule has 1 amide bonds.